The van der Waals surface area contributed by atoms with Gasteiger partial charge in [0.25, 0.3) is 0 Å². The monoisotopic (exact) mass is 600 g/mol. The summed E-state index contributed by atoms with van der Waals surface area (Å²) in [4.78, 5) is 0. The number of hydrogen-bond acceptors (Lipinski definition) is 0. The van der Waals surface area contributed by atoms with Crippen molar-refractivity contribution < 1.29 is 0 Å². The Morgan fingerprint density at radius 1 is 0.426 bits per heavy atom. The van der Waals surface area contributed by atoms with Gasteiger partial charge in [-0.25, -0.2) is 0 Å². The van der Waals surface area contributed by atoms with Crippen LogP contribution in [0.4, 0.5) is 0 Å². The van der Waals surface area contributed by atoms with E-state index in [0.29, 0.717) is 0 Å². The molecule has 0 heterocycles. The maximum Gasteiger partial charge on any atom is -0.000741 e. The molecule has 0 saturated carbocycles. The van der Waals surface area contributed by atoms with Gasteiger partial charge in [0.15, 0.2) is 0 Å². The lowest BCUT2D eigenvalue weighted by Gasteiger charge is -2.24. The molecule has 8 aromatic rings. The van der Waals surface area contributed by atoms with Crippen molar-refractivity contribution in [1.82, 2.24) is 0 Å². The van der Waals surface area contributed by atoms with Crippen LogP contribution in [0.2, 0.25) is 0 Å². The quantitative estimate of drug-likeness (QED) is 0.185. The Morgan fingerprint density at radius 2 is 0.957 bits per heavy atom. The Bertz CT molecular complexity index is 2610. The van der Waals surface area contributed by atoms with Crippen molar-refractivity contribution in [2.24, 2.45) is 0 Å². The van der Waals surface area contributed by atoms with Crippen LogP contribution >= 0.6 is 0 Å². The topological polar surface area (TPSA) is 0 Å². The minimum Gasteiger partial charge on any atom is -0.0616 e. The van der Waals surface area contributed by atoms with E-state index in [1.165, 1.54) is 111 Å². The normalized spacial score (nSPS) is 13.6. The van der Waals surface area contributed by atoms with Crippen LogP contribution in [-0.4, -0.2) is 0 Å². The highest BCUT2D eigenvalue weighted by molar-refractivity contribution is 6.28. The molecule has 0 nitrogen and oxygen atoms in total. The van der Waals surface area contributed by atoms with E-state index >= 15 is 0 Å². The van der Waals surface area contributed by atoms with Crippen molar-refractivity contribution in [1.29, 1.82) is 0 Å². The van der Waals surface area contributed by atoms with Crippen LogP contribution in [0.3, 0.4) is 0 Å². The van der Waals surface area contributed by atoms with Gasteiger partial charge in [-0.2, -0.15) is 0 Å². The summed E-state index contributed by atoms with van der Waals surface area (Å²) < 4.78 is 0. The van der Waals surface area contributed by atoms with Gasteiger partial charge in [0.05, 0.1) is 0 Å². The maximum absolute atomic E-state index is 2.51. The molecular formula is C47H36. The van der Waals surface area contributed by atoms with Crippen LogP contribution in [0.1, 0.15) is 43.9 Å². The van der Waals surface area contributed by atoms with E-state index in [-0.39, 0.29) is 5.41 Å². The lowest BCUT2D eigenvalue weighted by molar-refractivity contribution is 0.591. The molecule has 10 rings (SSSR count). The number of aryl methyl sites for hydroxylation is 2. The summed E-state index contributed by atoms with van der Waals surface area (Å²) in [7, 11) is 0. The molecule has 0 aliphatic heterocycles. The summed E-state index contributed by atoms with van der Waals surface area (Å²) in [6, 6.07) is 48.8. The largest absolute Gasteiger partial charge is 0.0616 e. The molecule has 0 saturated heterocycles. The first-order valence-corrected chi connectivity index (χ1v) is 17.1. The molecule has 0 unspecified atom stereocenters. The average molecular weight is 601 g/mol. The van der Waals surface area contributed by atoms with Gasteiger partial charge < -0.3 is 0 Å². The van der Waals surface area contributed by atoms with E-state index in [4.69, 9.17) is 0 Å². The fraction of sp³-hybridized carbons (Fsp3) is 0.149. The minimum atomic E-state index is 0.0285. The predicted octanol–water partition coefficient (Wildman–Crippen LogP) is 13.1. The number of hydrogen-bond donors (Lipinski definition) is 0. The van der Waals surface area contributed by atoms with E-state index < -0.39 is 0 Å². The van der Waals surface area contributed by atoms with Gasteiger partial charge in [-0.15, -0.1) is 0 Å². The van der Waals surface area contributed by atoms with Gasteiger partial charge in [0, 0.05) is 0 Å². The van der Waals surface area contributed by atoms with Gasteiger partial charge in [0.1, 0.15) is 0 Å². The summed E-state index contributed by atoms with van der Waals surface area (Å²) in [5, 5.41) is 10.8. The molecule has 0 fully saturated rings. The second kappa shape index (κ2) is 9.66. The van der Waals surface area contributed by atoms with Crippen molar-refractivity contribution in [3.63, 3.8) is 0 Å². The zero-order valence-electron chi connectivity index (χ0n) is 27.2. The standard InChI is InChI=1S/C47H36/c1-47(2,3)36-21-24-37-40(27-36)43(35-18-16-29-10-5-7-12-33(29)26-35)46-39-23-20-31-14-8-13-30-19-22-38(44(39)41(30)31)45(46)42(37)34-17-15-28-9-4-6-11-32(28)25-34/h4-7,9-12,15-27H,8,13-14H2,1-3H3. The molecule has 0 N–H and O–H groups in total. The Labute approximate surface area is 276 Å². The molecule has 0 amide bonds. The van der Waals surface area contributed by atoms with Crippen molar-refractivity contribution in [2.75, 3.05) is 0 Å². The second-order valence-corrected chi connectivity index (χ2v) is 14.8. The zero-order chi connectivity index (χ0) is 31.4. The van der Waals surface area contributed by atoms with E-state index in [2.05, 4.69) is 148 Å². The van der Waals surface area contributed by atoms with Crippen molar-refractivity contribution >= 4 is 43.1 Å². The molecule has 0 radical (unpaired) electrons. The molecule has 0 spiro atoms. The minimum absolute atomic E-state index is 0.0285. The van der Waals surface area contributed by atoms with Gasteiger partial charge in [-0.3, -0.25) is 0 Å². The average Bonchev–Trinajstić information content (AvgIpc) is 3.43. The lowest BCUT2D eigenvalue weighted by Crippen LogP contribution is -2.10. The van der Waals surface area contributed by atoms with E-state index in [9.17, 15) is 0 Å². The summed E-state index contributed by atoms with van der Waals surface area (Å²) in [5.41, 5.74) is 15.3. The molecule has 0 bridgehead atoms. The summed E-state index contributed by atoms with van der Waals surface area (Å²) in [6.07, 6.45) is 3.56. The van der Waals surface area contributed by atoms with E-state index in [0.717, 1.165) is 12.8 Å². The summed E-state index contributed by atoms with van der Waals surface area (Å²) in [5.74, 6) is 0. The first-order valence-electron chi connectivity index (χ1n) is 17.1. The van der Waals surface area contributed by atoms with E-state index in [1.54, 1.807) is 0 Å². The Hall–Kier alpha value is -5.20. The van der Waals surface area contributed by atoms with Crippen LogP contribution in [0.5, 0.6) is 0 Å². The first kappa shape index (κ1) is 27.0. The first-order chi connectivity index (χ1) is 22.9. The second-order valence-electron chi connectivity index (χ2n) is 14.8. The highest BCUT2D eigenvalue weighted by Crippen LogP contribution is 2.59. The molecule has 2 aliphatic carbocycles. The van der Waals surface area contributed by atoms with Gasteiger partial charge in [-0.05, 0) is 147 Å². The molecule has 0 heteroatoms. The summed E-state index contributed by atoms with van der Waals surface area (Å²) >= 11 is 0. The fourth-order valence-electron chi connectivity index (χ4n) is 8.73. The number of fused-ring (bicyclic) bond motifs is 6. The summed E-state index contributed by atoms with van der Waals surface area (Å²) in [6.45, 7) is 7.00. The highest BCUT2D eigenvalue weighted by atomic mass is 14.4. The Kier molecular flexibility index (Phi) is 5.54. The predicted molar refractivity (Wildman–Crippen MR) is 202 cm³/mol. The van der Waals surface area contributed by atoms with Crippen LogP contribution in [0, 0.1) is 0 Å². The SMILES string of the molecule is CC(C)(C)c1ccc2c(-c3ccc4ccccc4c3)c3c(c(-c4ccc5ccccc5c4)c2c1)-c1ccc2c4c(ccc-3c14)CCC2. The van der Waals surface area contributed by atoms with Crippen molar-refractivity contribution in [3.8, 4) is 44.5 Å². The molecular weight excluding hydrogens is 565 g/mol. The van der Waals surface area contributed by atoms with Crippen molar-refractivity contribution in [3.05, 3.63) is 144 Å². The fourth-order valence-corrected chi connectivity index (χ4v) is 8.73. The van der Waals surface area contributed by atoms with Gasteiger partial charge in [-0.1, -0.05) is 130 Å². The van der Waals surface area contributed by atoms with Crippen LogP contribution in [-0.2, 0) is 18.3 Å². The van der Waals surface area contributed by atoms with Gasteiger partial charge in [0.2, 0.25) is 0 Å². The zero-order valence-corrected chi connectivity index (χ0v) is 27.2. The van der Waals surface area contributed by atoms with E-state index in [1.807, 2.05) is 0 Å². The Balaban J connectivity index is 1.43. The molecule has 8 aromatic carbocycles. The Morgan fingerprint density at radius 3 is 1.51 bits per heavy atom. The molecule has 224 valence electrons. The maximum atomic E-state index is 2.51. The third-order valence-electron chi connectivity index (χ3n) is 11.0. The van der Waals surface area contributed by atoms with Crippen LogP contribution in [0.15, 0.2) is 127 Å². The third-order valence-corrected chi connectivity index (χ3v) is 11.0. The van der Waals surface area contributed by atoms with Crippen LogP contribution in [0.25, 0.3) is 87.6 Å². The van der Waals surface area contributed by atoms with Gasteiger partial charge >= 0.3 is 0 Å². The smallest absolute Gasteiger partial charge is 0.000741 e. The molecule has 0 atom stereocenters. The highest BCUT2D eigenvalue weighted by Gasteiger charge is 2.33. The van der Waals surface area contributed by atoms with Crippen molar-refractivity contribution in [2.45, 2.75) is 45.4 Å². The van der Waals surface area contributed by atoms with Crippen LogP contribution < -0.4 is 0 Å². The third kappa shape index (κ3) is 3.88. The number of benzene rings is 8. The lowest BCUT2D eigenvalue weighted by atomic mass is 9.79. The molecule has 47 heavy (non-hydrogen) atoms. The molecule has 0 aromatic heterocycles. The molecule has 2 aliphatic rings. The number of rotatable bonds is 2.